The minimum Gasteiger partial charge on any atom is -0.389 e. The lowest BCUT2D eigenvalue weighted by molar-refractivity contribution is 0.0612. The van der Waals surface area contributed by atoms with Gasteiger partial charge in [0.2, 0.25) is 5.62 Å². The van der Waals surface area contributed by atoms with Crippen LogP contribution >= 0.6 is 0 Å². The molecular weight excluding hydrogens is 416 g/mol. The van der Waals surface area contributed by atoms with Crippen LogP contribution in [0.15, 0.2) is 72.0 Å². The van der Waals surface area contributed by atoms with Crippen LogP contribution in [0.1, 0.15) is 24.2 Å². The molecule has 166 valence electrons. The molecule has 0 aliphatic heterocycles. The Kier molecular flexibility index (Phi) is 4.94. The van der Waals surface area contributed by atoms with Crippen molar-refractivity contribution in [2.75, 3.05) is 0 Å². The van der Waals surface area contributed by atoms with Crippen LogP contribution in [0.5, 0.6) is 0 Å². The Morgan fingerprint density at radius 3 is 2.73 bits per heavy atom. The predicted molar refractivity (Wildman–Crippen MR) is 126 cm³/mol. The smallest absolute Gasteiger partial charge is 0.280 e. The number of hydrogen-bond donors (Lipinski definition) is 2. The van der Waals surface area contributed by atoms with Crippen molar-refractivity contribution in [3.05, 3.63) is 78.2 Å². The first-order valence-electron chi connectivity index (χ1n) is 10.7. The third-order valence-electron chi connectivity index (χ3n) is 5.52. The van der Waals surface area contributed by atoms with Crippen molar-refractivity contribution in [2.24, 2.45) is 12.0 Å². The highest BCUT2D eigenvalue weighted by Gasteiger charge is 2.18. The molecule has 0 unspecified atom stereocenters. The summed E-state index contributed by atoms with van der Waals surface area (Å²) < 4.78 is 3.63. The number of H-pyrrole nitrogens is 1. The second-order valence-corrected chi connectivity index (χ2v) is 8.72. The number of carbonyl (C=O) groups is 1. The number of imidazole rings is 1. The van der Waals surface area contributed by atoms with E-state index in [1.54, 1.807) is 43.1 Å². The molecule has 5 aromatic rings. The summed E-state index contributed by atoms with van der Waals surface area (Å²) in [5, 5.41) is 15.7. The van der Waals surface area contributed by atoms with Gasteiger partial charge in [-0.3, -0.25) is 14.5 Å². The summed E-state index contributed by atoms with van der Waals surface area (Å²) in [6.45, 7) is 3.73. The van der Waals surface area contributed by atoms with Gasteiger partial charge in [0, 0.05) is 29.8 Å². The molecule has 0 aliphatic carbocycles. The van der Waals surface area contributed by atoms with E-state index in [4.69, 9.17) is 0 Å². The average Bonchev–Trinajstić information content (AvgIpc) is 3.33. The first kappa shape index (κ1) is 20.8. The van der Waals surface area contributed by atoms with E-state index < -0.39 is 11.5 Å². The number of nitrogens with zero attached hydrogens (tertiary/aromatic N) is 5. The number of aromatic nitrogens is 5. The maximum absolute atomic E-state index is 13.2. The normalized spacial score (nSPS) is 12.7. The topological polar surface area (TPSA) is 101 Å². The van der Waals surface area contributed by atoms with Crippen LogP contribution in [0, 0.1) is 0 Å². The highest BCUT2D eigenvalue weighted by molar-refractivity contribution is 5.98. The van der Waals surface area contributed by atoms with Gasteiger partial charge < -0.3 is 14.7 Å². The quantitative estimate of drug-likeness (QED) is 0.447. The van der Waals surface area contributed by atoms with E-state index >= 15 is 0 Å². The molecule has 0 saturated carbocycles. The Hall–Kier alpha value is -4.04. The standard InChI is InChI=1S/C25H24N6O2/c1-25(2,33)15-31-22-9-5-4-8-19(22)28-24(31)29-23(32)16-11-12-26-20(13-16)17-7-6-10-21-18(17)14-27-30(21)3/h4-14,33H,15H2,1-3H3,(H,28,29,32). The molecule has 0 atom stereocenters. The molecule has 2 N–H and O–H groups in total. The lowest BCUT2D eigenvalue weighted by Crippen LogP contribution is -2.32. The average molecular weight is 441 g/mol. The van der Waals surface area contributed by atoms with E-state index in [0.717, 1.165) is 27.5 Å². The molecule has 33 heavy (non-hydrogen) atoms. The van der Waals surface area contributed by atoms with Gasteiger partial charge in [-0.1, -0.05) is 24.3 Å². The molecule has 3 aromatic heterocycles. The summed E-state index contributed by atoms with van der Waals surface area (Å²) >= 11 is 0. The van der Waals surface area contributed by atoms with E-state index in [1.165, 1.54) is 0 Å². The summed E-state index contributed by atoms with van der Waals surface area (Å²) in [7, 11) is 1.89. The van der Waals surface area contributed by atoms with E-state index in [-0.39, 0.29) is 6.54 Å². The van der Waals surface area contributed by atoms with Gasteiger partial charge >= 0.3 is 0 Å². The highest BCUT2D eigenvalue weighted by atomic mass is 16.3. The van der Waals surface area contributed by atoms with Gasteiger partial charge in [-0.05, 0) is 44.2 Å². The number of aryl methyl sites for hydroxylation is 1. The highest BCUT2D eigenvalue weighted by Crippen LogP contribution is 2.27. The van der Waals surface area contributed by atoms with Crippen molar-refractivity contribution in [3.63, 3.8) is 0 Å². The second kappa shape index (κ2) is 7.83. The fourth-order valence-corrected chi connectivity index (χ4v) is 4.02. The van der Waals surface area contributed by atoms with Crippen LogP contribution in [-0.2, 0) is 13.6 Å². The molecule has 2 aromatic carbocycles. The zero-order valence-corrected chi connectivity index (χ0v) is 18.6. The summed E-state index contributed by atoms with van der Waals surface area (Å²) in [6.07, 6.45) is 3.42. The Labute approximate surface area is 189 Å². The first-order valence-corrected chi connectivity index (χ1v) is 10.7. The number of pyridine rings is 1. The van der Waals surface area contributed by atoms with Crippen LogP contribution in [0.2, 0.25) is 0 Å². The van der Waals surface area contributed by atoms with Gasteiger partial charge in [0.15, 0.2) is 0 Å². The van der Waals surface area contributed by atoms with Gasteiger partial charge in [0.1, 0.15) is 0 Å². The van der Waals surface area contributed by atoms with Crippen molar-refractivity contribution >= 4 is 27.8 Å². The number of carbonyl (C=O) groups excluding carboxylic acids is 1. The molecule has 8 heteroatoms. The van der Waals surface area contributed by atoms with Crippen molar-refractivity contribution in [2.45, 2.75) is 26.0 Å². The maximum Gasteiger partial charge on any atom is 0.280 e. The minimum absolute atomic E-state index is 0.285. The van der Waals surface area contributed by atoms with Gasteiger partial charge in [-0.2, -0.15) is 10.1 Å². The SMILES string of the molecule is Cn1ncc2c(-c3cc(C(=O)/N=c4\[nH]c5ccccc5n4CC(C)(C)O)ccn3)cccc21. The zero-order chi connectivity index (χ0) is 23.2. The number of aromatic amines is 1. The van der Waals surface area contributed by atoms with Crippen LogP contribution < -0.4 is 5.62 Å². The lowest BCUT2D eigenvalue weighted by Gasteiger charge is -2.18. The molecule has 0 spiro atoms. The Morgan fingerprint density at radius 1 is 1.12 bits per heavy atom. The molecule has 1 amide bonds. The molecule has 0 radical (unpaired) electrons. The fraction of sp³-hybridized carbons (Fsp3) is 0.200. The predicted octanol–water partition coefficient (Wildman–Crippen LogP) is 3.43. The van der Waals surface area contributed by atoms with E-state index in [0.29, 0.717) is 16.9 Å². The van der Waals surface area contributed by atoms with Crippen molar-refractivity contribution in [3.8, 4) is 11.3 Å². The van der Waals surface area contributed by atoms with Gasteiger partial charge in [-0.15, -0.1) is 0 Å². The summed E-state index contributed by atoms with van der Waals surface area (Å²) in [6, 6.07) is 17.0. The minimum atomic E-state index is -0.977. The molecule has 8 nitrogen and oxygen atoms in total. The number of aliphatic hydroxyl groups is 1. The number of nitrogens with one attached hydrogen (secondary N) is 1. The number of rotatable bonds is 4. The second-order valence-electron chi connectivity index (χ2n) is 8.72. The summed E-state index contributed by atoms with van der Waals surface area (Å²) in [5.41, 5.74) is 4.10. The fourth-order valence-electron chi connectivity index (χ4n) is 4.02. The number of hydrogen-bond acceptors (Lipinski definition) is 4. The molecule has 0 saturated heterocycles. The molecule has 0 fully saturated rings. The van der Waals surface area contributed by atoms with Crippen LogP contribution in [0.3, 0.4) is 0 Å². The third kappa shape index (κ3) is 3.96. The van der Waals surface area contributed by atoms with E-state index in [9.17, 15) is 9.90 Å². The summed E-state index contributed by atoms with van der Waals surface area (Å²) in [5.74, 6) is -0.395. The number of para-hydroxylation sites is 2. The van der Waals surface area contributed by atoms with Crippen molar-refractivity contribution in [1.82, 2.24) is 24.3 Å². The Balaban J connectivity index is 1.59. The monoisotopic (exact) mass is 440 g/mol. The number of fused-ring (bicyclic) bond motifs is 2. The molecule has 0 aliphatic rings. The van der Waals surface area contributed by atoms with Gasteiger partial charge in [0.05, 0.1) is 40.6 Å². The molecular formula is C25H24N6O2. The van der Waals surface area contributed by atoms with Gasteiger partial charge in [-0.25, -0.2) is 0 Å². The Bertz CT molecular complexity index is 1570. The van der Waals surface area contributed by atoms with Crippen molar-refractivity contribution < 1.29 is 9.90 Å². The molecule has 0 bridgehead atoms. The van der Waals surface area contributed by atoms with Crippen LogP contribution in [-0.4, -0.2) is 40.9 Å². The number of benzene rings is 2. The summed E-state index contributed by atoms with van der Waals surface area (Å²) in [4.78, 5) is 25.2. The maximum atomic E-state index is 13.2. The Morgan fingerprint density at radius 2 is 1.91 bits per heavy atom. The zero-order valence-electron chi connectivity index (χ0n) is 18.6. The van der Waals surface area contributed by atoms with Gasteiger partial charge in [0.25, 0.3) is 5.91 Å². The lowest BCUT2D eigenvalue weighted by atomic mass is 10.1. The number of amides is 1. The van der Waals surface area contributed by atoms with Crippen LogP contribution in [0.4, 0.5) is 0 Å². The largest absolute Gasteiger partial charge is 0.389 e. The van der Waals surface area contributed by atoms with E-state index in [1.807, 2.05) is 54.1 Å². The van der Waals surface area contributed by atoms with Crippen molar-refractivity contribution in [1.29, 1.82) is 0 Å². The third-order valence-corrected chi connectivity index (χ3v) is 5.52. The molecule has 3 heterocycles. The molecule has 5 rings (SSSR count). The first-order chi connectivity index (χ1) is 15.8. The van der Waals surface area contributed by atoms with E-state index in [2.05, 4.69) is 20.1 Å². The van der Waals surface area contributed by atoms with Crippen LogP contribution in [0.25, 0.3) is 33.2 Å².